The minimum atomic E-state index is -0.388. The van der Waals surface area contributed by atoms with Crippen molar-refractivity contribution in [3.8, 4) is 16.5 Å². The van der Waals surface area contributed by atoms with Crippen LogP contribution in [0.1, 0.15) is 22.0 Å². The summed E-state index contributed by atoms with van der Waals surface area (Å²) >= 11 is 7.68. The smallest absolute Gasteiger partial charge is 0.259 e. The second-order valence-electron chi connectivity index (χ2n) is 7.39. The first-order chi connectivity index (χ1) is 16.0. The summed E-state index contributed by atoms with van der Waals surface area (Å²) in [7, 11) is 3.94. The van der Waals surface area contributed by atoms with Gasteiger partial charge in [0.15, 0.2) is 0 Å². The summed E-state index contributed by atoms with van der Waals surface area (Å²) in [6.45, 7) is 0.640. The molecule has 168 valence electrons. The van der Waals surface area contributed by atoms with Crippen LogP contribution in [0.2, 0.25) is 5.02 Å². The number of hydrogen-bond donors (Lipinski definition) is 1. The van der Waals surface area contributed by atoms with Gasteiger partial charge in [-0.05, 0) is 37.9 Å². The molecule has 0 unspecified atom stereocenters. The Kier molecular flexibility index (Phi) is 7.23. The van der Waals surface area contributed by atoms with Crippen LogP contribution in [-0.4, -0.2) is 51.6 Å². The summed E-state index contributed by atoms with van der Waals surface area (Å²) < 4.78 is 6.11. The van der Waals surface area contributed by atoms with Crippen LogP contribution in [0.5, 0.6) is 5.88 Å². The van der Waals surface area contributed by atoms with Crippen LogP contribution in [0.15, 0.2) is 67.1 Å². The van der Waals surface area contributed by atoms with Crippen molar-refractivity contribution in [2.75, 3.05) is 26.0 Å². The molecule has 0 aliphatic rings. The normalized spacial score (nSPS) is 11.9. The molecule has 3 heterocycles. The molecule has 0 saturated carbocycles. The Balaban J connectivity index is 1.46. The zero-order valence-electron chi connectivity index (χ0n) is 18.0. The highest BCUT2D eigenvalue weighted by Gasteiger charge is 2.19. The second-order valence-corrected chi connectivity index (χ2v) is 8.78. The summed E-state index contributed by atoms with van der Waals surface area (Å²) in [5, 5.41) is 12.2. The number of benzene rings is 1. The molecule has 0 fully saturated rings. The summed E-state index contributed by atoms with van der Waals surface area (Å²) in [4.78, 5) is 23.0. The van der Waals surface area contributed by atoms with Crippen LogP contribution >= 0.6 is 22.9 Å². The molecule has 4 rings (SSSR count). The molecule has 1 amide bonds. The van der Waals surface area contributed by atoms with E-state index in [0.717, 1.165) is 11.1 Å². The van der Waals surface area contributed by atoms with Crippen molar-refractivity contribution in [1.29, 1.82) is 0 Å². The fourth-order valence-electron chi connectivity index (χ4n) is 3.04. The standard InChI is InChI=1S/C23H21ClN6O2S/c1-30(2)14-19(15-6-4-3-5-7-15)32-21-18(24)12-17(13-26-21)20(31)27-23-29-28-22(33-23)16-8-10-25-11-9-16/h3-13,19H,14H2,1-2H3,(H,27,29,31)/t19-/m1/s1. The molecular formula is C23H21ClN6O2S. The molecule has 33 heavy (non-hydrogen) atoms. The van der Waals surface area contributed by atoms with E-state index in [4.69, 9.17) is 16.3 Å². The number of carbonyl (C=O) groups is 1. The van der Waals surface area contributed by atoms with Crippen LogP contribution < -0.4 is 10.1 Å². The van der Waals surface area contributed by atoms with Gasteiger partial charge in [-0.1, -0.05) is 53.3 Å². The number of ether oxygens (including phenoxy) is 1. The molecule has 0 bridgehead atoms. The lowest BCUT2D eigenvalue weighted by atomic mass is 10.1. The highest BCUT2D eigenvalue weighted by atomic mass is 35.5. The quantitative estimate of drug-likeness (QED) is 0.394. The topological polar surface area (TPSA) is 93.1 Å². The maximum Gasteiger partial charge on any atom is 0.259 e. The highest BCUT2D eigenvalue weighted by Crippen LogP contribution is 2.29. The van der Waals surface area contributed by atoms with Gasteiger partial charge < -0.3 is 9.64 Å². The molecular weight excluding hydrogens is 460 g/mol. The predicted octanol–water partition coefficient (Wildman–Crippen LogP) is 4.58. The minimum absolute atomic E-state index is 0.247. The molecule has 0 saturated heterocycles. The van der Waals surface area contributed by atoms with E-state index in [1.807, 2.05) is 61.5 Å². The van der Waals surface area contributed by atoms with E-state index in [1.54, 1.807) is 12.4 Å². The van der Waals surface area contributed by atoms with Gasteiger partial charge in [0.2, 0.25) is 11.0 Å². The van der Waals surface area contributed by atoms with Gasteiger partial charge in [0.05, 0.1) is 5.56 Å². The molecule has 0 aliphatic carbocycles. The van der Waals surface area contributed by atoms with Crippen molar-refractivity contribution in [2.45, 2.75) is 6.10 Å². The van der Waals surface area contributed by atoms with Crippen molar-refractivity contribution in [2.24, 2.45) is 0 Å². The maximum absolute atomic E-state index is 12.7. The monoisotopic (exact) mass is 480 g/mol. The third-order valence-electron chi connectivity index (χ3n) is 4.60. The van der Waals surface area contributed by atoms with Gasteiger partial charge in [-0.3, -0.25) is 15.1 Å². The van der Waals surface area contributed by atoms with Gasteiger partial charge in [-0.25, -0.2) is 4.98 Å². The van der Waals surface area contributed by atoms with E-state index in [1.165, 1.54) is 23.6 Å². The SMILES string of the molecule is CN(C)C[C@@H](Oc1ncc(C(=O)Nc2nnc(-c3ccncc3)s2)cc1Cl)c1ccccc1. The third kappa shape index (κ3) is 5.89. The van der Waals surface area contributed by atoms with Crippen molar-refractivity contribution < 1.29 is 9.53 Å². The average Bonchev–Trinajstić information content (AvgIpc) is 3.29. The first-order valence-electron chi connectivity index (χ1n) is 10.1. The van der Waals surface area contributed by atoms with E-state index >= 15 is 0 Å². The Bertz CT molecular complexity index is 1220. The van der Waals surface area contributed by atoms with Crippen LogP contribution in [0, 0.1) is 0 Å². The number of likely N-dealkylation sites (N-methyl/N-ethyl adjacent to an activating group) is 1. The van der Waals surface area contributed by atoms with E-state index < -0.39 is 0 Å². The number of aromatic nitrogens is 4. The predicted molar refractivity (Wildman–Crippen MR) is 129 cm³/mol. The van der Waals surface area contributed by atoms with E-state index in [-0.39, 0.29) is 28.5 Å². The fourth-order valence-corrected chi connectivity index (χ4v) is 3.99. The van der Waals surface area contributed by atoms with Crippen molar-refractivity contribution in [3.05, 3.63) is 83.3 Å². The molecule has 10 heteroatoms. The van der Waals surface area contributed by atoms with Gasteiger partial charge in [-0.15, -0.1) is 10.2 Å². The molecule has 1 N–H and O–H groups in total. The molecule has 1 atom stereocenters. The number of rotatable bonds is 8. The summed E-state index contributed by atoms with van der Waals surface area (Å²) in [6.07, 6.45) is 4.51. The van der Waals surface area contributed by atoms with Gasteiger partial charge in [0.1, 0.15) is 16.1 Å². The lowest BCUT2D eigenvalue weighted by Crippen LogP contribution is -2.24. The number of carbonyl (C=O) groups excluding carboxylic acids is 1. The largest absolute Gasteiger partial charge is 0.467 e. The number of nitrogens with zero attached hydrogens (tertiary/aromatic N) is 5. The van der Waals surface area contributed by atoms with Crippen molar-refractivity contribution in [3.63, 3.8) is 0 Å². The van der Waals surface area contributed by atoms with E-state index in [2.05, 4.69) is 25.5 Å². The van der Waals surface area contributed by atoms with Crippen LogP contribution in [0.25, 0.3) is 10.6 Å². The number of nitrogens with one attached hydrogen (secondary N) is 1. The van der Waals surface area contributed by atoms with Crippen molar-refractivity contribution >= 4 is 34.0 Å². The summed E-state index contributed by atoms with van der Waals surface area (Å²) in [5.41, 5.74) is 2.17. The van der Waals surface area contributed by atoms with E-state index in [9.17, 15) is 4.79 Å². The fraction of sp³-hybridized carbons (Fsp3) is 0.174. The zero-order valence-corrected chi connectivity index (χ0v) is 19.5. The molecule has 0 spiro atoms. The number of hydrogen-bond acceptors (Lipinski definition) is 8. The van der Waals surface area contributed by atoms with Crippen molar-refractivity contribution in [1.82, 2.24) is 25.1 Å². The Morgan fingerprint density at radius 2 is 1.91 bits per heavy atom. The first kappa shape index (κ1) is 22.8. The van der Waals surface area contributed by atoms with E-state index in [0.29, 0.717) is 16.7 Å². The minimum Gasteiger partial charge on any atom is -0.467 e. The first-order valence-corrected chi connectivity index (χ1v) is 11.3. The molecule has 0 aliphatic heterocycles. The van der Waals surface area contributed by atoms with Crippen LogP contribution in [0.4, 0.5) is 5.13 Å². The molecule has 8 nitrogen and oxygen atoms in total. The average molecular weight is 481 g/mol. The van der Waals surface area contributed by atoms with Gasteiger partial charge in [0.25, 0.3) is 5.91 Å². The van der Waals surface area contributed by atoms with Gasteiger partial charge in [0, 0.05) is 30.7 Å². The number of amides is 1. The maximum atomic E-state index is 12.7. The molecule has 4 aromatic rings. The lowest BCUT2D eigenvalue weighted by Gasteiger charge is -2.23. The van der Waals surface area contributed by atoms with Gasteiger partial charge in [-0.2, -0.15) is 0 Å². The Hall–Kier alpha value is -3.40. The summed E-state index contributed by atoms with van der Waals surface area (Å²) in [5.74, 6) is -0.124. The molecule has 1 aromatic carbocycles. The van der Waals surface area contributed by atoms with Crippen LogP contribution in [0.3, 0.4) is 0 Å². The molecule has 0 radical (unpaired) electrons. The Morgan fingerprint density at radius 3 is 2.61 bits per heavy atom. The number of anilines is 1. The highest BCUT2D eigenvalue weighted by molar-refractivity contribution is 7.18. The number of pyridine rings is 2. The number of halogens is 1. The van der Waals surface area contributed by atoms with Crippen LogP contribution in [-0.2, 0) is 0 Å². The second kappa shape index (κ2) is 10.5. The molecule has 3 aromatic heterocycles. The lowest BCUT2D eigenvalue weighted by molar-refractivity contribution is 0.102. The third-order valence-corrected chi connectivity index (χ3v) is 5.76. The summed E-state index contributed by atoms with van der Waals surface area (Å²) in [6, 6.07) is 15.0. The zero-order chi connectivity index (χ0) is 23.2. The Morgan fingerprint density at radius 1 is 1.15 bits per heavy atom. The van der Waals surface area contributed by atoms with Gasteiger partial charge >= 0.3 is 0 Å². The Labute approximate surface area is 200 Å².